The Labute approximate surface area is 190 Å². The molecule has 2 aromatic heterocycles. The molecule has 0 saturated heterocycles. The summed E-state index contributed by atoms with van der Waals surface area (Å²) >= 11 is 6.14. The van der Waals surface area contributed by atoms with E-state index < -0.39 is 0 Å². The summed E-state index contributed by atoms with van der Waals surface area (Å²) in [5.74, 6) is -0.100. The van der Waals surface area contributed by atoms with E-state index in [2.05, 4.69) is 10.3 Å². The Kier molecular flexibility index (Phi) is 4.67. The van der Waals surface area contributed by atoms with Crippen LogP contribution in [0.25, 0.3) is 11.0 Å². The largest absolute Gasteiger partial charge is 0.351 e. The molecular formula is C24H22ClN5O2. The van der Waals surface area contributed by atoms with Gasteiger partial charge < -0.3 is 4.57 Å². The first-order valence-electron chi connectivity index (χ1n) is 10.3. The zero-order valence-corrected chi connectivity index (χ0v) is 19.0. The molecule has 0 N–H and O–H groups in total. The van der Waals surface area contributed by atoms with Gasteiger partial charge in [0.25, 0.3) is 5.91 Å². The van der Waals surface area contributed by atoms with Crippen LogP contribution in [-0.4, -0.2) is 31.3 Å². The first kappa shape index (κ1) is 20.5. The maximum atomic E-state index is 13.9. The zero-order valence-electron chi connectivity index (χ0n) is 18.3. The minimum atomic E-state index is -0.349. The van der Waals surface area contributed by atoms with Crippen LogP contribution in [0, 0.1) is 6.92 Å². The number of rotatable bonds is 4. The number of nitrogens with zero attached hydrogens (tertiary/aromatic N) is 5. The molecular weight excluding hydrogens is 426 g/mol. The number of fused-ring (bicyclic) bond motifs is 2. The number of anilines is 1. The van der Waals surface area contributed by atoms with Crippen molar-refractivity contribution in [2.45, 2.75) is 26.3 Å². The third-order valence-corrected chi connectivity index (χ3v) is 6.30. The van der Waals surface area contributed by atoms with Gasteiger partial charge in [-0.1, -0.05) is 28.9 Å². The Morgan fingerprint density at radius 2 is 1.88 bits per heavy atom. The number of hydrogen-bond acceptors (Lipinski definition) is 4. The van der Waals surface area contributed by atoms with Crippen LogP contribution in [0.2, 0.25) is 5.02 Å². The molecule has 5 rings (SSSR count). The van der Waals surface area contributed by atoms with Crippen molar-refractivity contribution in [1.29, 1.82) is 0 Å². The molecule has 1 amide bonds. The van der Waals surface area contributed by atoms with Gasteiger partial charge in [-0.05, 0) is 54.8 Å². The predicted octanol–water partition coefficient (Wildman–Crippen LogP) is 4.15. The molecule has 0 fully saturated rings. The lowest BCUT2D eigenvalue weighted by Crippen LogP contribution is -2.30. The van der Waals surface area contributed by atoms with Gasteiger partial charge in [-0.3, -0.25) is 14.5 Å². The summed E-state index contributed by atoms with van der Waals surface area (Å²) in [6, 6.07) is 11.1. The van der Waals surface area contributed by atoms with Crippen molar-refractivity contribution in [3.05, 3.63) is 75.6 Å². The van der Waals surface area contributed by atoms with Crippen molar-refractivity contribution in [2.24, 2.45) is 14.1 Å². The molecule has 8 heteroatoms. The highest BCUT2D eigenvalue weighted by atomic mass is 35.5. The minimum Gasteiger partial charge on any atom is -0.351 e. The third-order valence-electron chi connectivity index (χ3n) is 6.05. The molecule has 0 spiro atoms. The highest BCUT2D eigenvalue weighted by Crippen LogP contribution is 2.44. The number of benzene rings is 2. The van der Waals surface area contributed by atoms with Gasteiger partial charge in [0.1, 0.15) is 17.3 Å². The van der Waals surface area contributed by atoms with E-state index in [1.165, 1.54) is 0 Å². The van der Waals surface area contributed by atoms with Gasteiger partial charge in [0.05, 0.1) is 16.8 Å². The van der Waals surface area contributed by atoms with E-state index in [9.17, 15) is 9.59 Å². The van der Waals surface area contributed by atoms with E-state index in [0.29, 0.717) is 10.6 Å². The van der Waals surface area contributed by atoms with E-state index in [4.69, 9.17) is 11.6 Å². The van der Waals surface area contributed by atoms with Crippen LogP contribution in [0.15, 0.2) is 42.6 Å². The Bertz CT molecular complexity index is 1400. The monoisotopic (exact) mass is 447 g/mol. The number of carbonyl (C=O) groups excluding carboxylic acids is 2. The van der Waals surface area contributed by atoms with E-state index in [1.807, 2.05) is 68.2 Å². The Balaban J connectivity index is 1.75. The summed E-state index contributed by atoms with van der Waals surface area (Å²) in [6.07, 6.45) is 2.11. The summed E-state index contributed by atoms with van der Waals surface area (Å²) in [5.41, 5.74) is 6.52. The second kappa shape index (κ2) is 7.31. The molecule has 1 aliphatic rings. The third kappa shape index (κ3) is 3.04. The number of halogens is 1. The highest BCUT2D eigenvalue weighted by Gasteiger charge is 2.43. The number of hydrogen-bond donors (Lipinski definition) is 0. The Morgan fingerprint density at radius 1 is 1.16 bits per heavy atom. The van der Waals surface area contributed by atoms with Crippen LogP contribution < -0.4 is 4.90 Å². The number of ketones is 1. The van der Waals surface area contributed by atoms with E-state index in [0.717, 1.165) is 39.1 Å². The Hall–Kier alpha value is -3.45. The maximum absolute atomic E-state index is 13.9. The van der Waals surface area contributed by atoms with E-state index >= 15 is 0 Å². The van der Waals surface area contributed by atoms with Gasteiger partial charge in [0.15, 0.2) is 0 Å². The number of amides is 1. The molecule has 1 unspecified atom stereocenters. The average molecular weight is 448 g/mol. The second-order valence-corrected chi connectivity index (χ2v) is 8.81. The lowest BCUT2D eigenvalue weighted by Gasteiger charge is -2.27. The van der Waals surface area contributed by atoms with Crippen molar-refractivity contribution in [3.8, 4) is 0 Å². The molecule has 4 aromatic rings. The fourth-order valence-electron chi connectivity index (χ4n) is 4.68. The molecule has 2 aromatic carbocycles. The van der Waals surface area contributed by atoms with Crippen molar-refractivity contribution in [2.75, 3.05) is 4.90 Å². The average Bonchev–Trinajstić information content (AvgIpc) is 3.36. The first-order valence-corrected chi connectivity index (χ1v) is 10.7. The van der Waals surface area contributed by atoms with E-state index in [-0.39, 0.29) is 24.2 Å². The molecule has 32 heavy (non-hydrogen) atoms. The summed E-state index contributed by atoms with van der Waals surface area (Å²) in [7, 11) is 3.75. The van der Waals surface area contributed by atoms with Gasteiger partial charge in [0, 0.05) is 37.4 Å². The van der Waals surface area contributed by atoms with Crippen LogP contribution in [0.3, 0.4) is 0 Å². The zero-order chi connectivity index (χ0) is 22.7. The topological polar surface area (TPSA) is 73.0 Å². The number of Topliss-reactive ketones (excluding diaryl/α,β-unsaturated/α-hetero) is 1. The summed E-state index contributed by atoms with van der Waals surface area (Å²) in [6.45, 7) is 3.51. The van der Waals surface area contributed by atoms with Crippen LogP contribution >= 0.6 is 11.6 Å². The molecule has 0 bridgehead atoms. The number of aryl methyl sites for hydroxylation is 3. The van der Waals surface area contributed by atoms with Gasteiger partial charge in [0.2, 0.25) is 0 Å². The predicted molar refractivity (Wildman–Crippen MR) is 123 cm³/mol. The molecule has 0 radical (unpaired) electrons. The lowest BCUT2D eigenvalue weighted by atomic mass is 10.0. The second-order valence-electron chi connectivity index (χ2n) is 8.38. The maximum Gasteiger partial charge on any atom is 0.261 e. The van der Waals surface area contributed by atoms with Crippen molar-refractivity contribution in [3.63, 3.8) is 0 Å². The summed E-state index contributed by atoms with van der Waals surface area (Å²) < 4.78 is 3.67. The Morgan fingerprint density at radius 3 is 2.56 bits per heavy atom. The molecule has 1 aliphatic heterocycles. The van der Waals surface area contributed by atoms with Crippen molar-refractivity contribution in [1.82, 2.24) is 19.6 Å². The van der Waals surface area contributed by atoms with Gasteiger partial charge in [-0.25, -0.2) is 4.68 Å². The molecule has 162 valence electrons. The quantitative estimate of drug-likeness (QED) is 0.471. The van der Waals surface area contributed by atoms with Crippen LogP contribution in [0.5, 0.6) is 0 Å². The van der Waals surface area contributed by atoms with Crippen molar-refractivity contribution >= 4 is 40.0 Å². The van der Waals surface area contributed by atoms with Crippen LogP contribution in [0.1, 0.15) is 45.7 Å². The summed E-state index contributed by atoms with van der Waals surface area (Å²) in [5, 5.41) is 8.99. The number of carbonyl (C=O) groups is 2. The van der Waals surface area contributed by atoms with Crippen molar-refractivity contribution < 1.29 is 9.59 Å². The number of aromatic nitrogens is 4. The smallest absolute Gasteiger partial charge is 0.261 e. The molecule has 0 aliphatic carbocycles. The van der Waals surface area contributed by atoms with Gasteiger partial charge >= 0.3 is 0 Å². The fraction of sp³-hybridized carbons (Fsp3) is 0.250. The SMILES string of the molecule is CC(=O)Cc1cn(C)c2c1C(=O)N(c1cc(C)c3nnn(C)c3c1)C2c1ccc(Cl)cc1. The lowest BCUT2D eigenvalue weighted by molar-refractivity contribution is -0.116. The normalized spacial score (nSPS) is 15.6. The molecule has 0 saturated carbocycles. The van der Waals surface area contributed by atoms with Crippen LogP contribution in [0.4, 0.5) is 5.69 Å². The minimum absolute atomic E-state index is 0.0194. The molecule has 1 atom stereocenters. The molecule has 7 nitrogen and oxygen atoms in total. The molecule has 3 heterocycles. The van der Waals surface area contributed by atoms with E-state index in [1.54, 1.807) is 16.5 Å². The summed E-state index contributed by atoms with van der Waals surface area (Å²) in [4.78, 5) is 27.6. The van der Waals surface area contributed by atoms with Crippen LogP contribution in [-0.2, 0) is 25.3 Å². The fourth-order valence-corrected chi connectivity index (χ4v) is 4.81. The van der Waals surface area contributed by atoms with Gasteiger partial charge in [-0.2, -0.15) is 0 Å². The highest BCUT2D eigenvalue weighted by molar-refractivity contribution is 6.30. The van der Waals surface area contributed by atoms with Gasteiger partial charge in [-0.15, -0.1) is 5.10 Å². The standard InChI is InChI=1S/C24H22ClN5O2/c1-13-9-18(11-19-21(13)26-27-29(19)4)30-22(15-5-7-17(25)8-6-15)23-20(24(30)32)16(10-14(2)31)12-28(23)3/h5-9,11-12,22H,10H2,1-4H3. The first-order chi connectivity index (χ1) is 15.3.